The molecule has 1 fully saturated rings. The maximum absolute atomic E-state index is 9.60. The Bertz CT molecular complexity index is 743. The maximum Gasteiger partial charge on any atom is 0.122 e. The van der Waals surface area contributed by atoms with Crippen molar-refractivity contribution in [2.45, 2.75) is 32.5 Å². The Hall–Kier alpha value is -2.08. The van der Waals surface area contributed by atoms with Crippen LogP contribution in [0.3, 0.4) is 0 Å². The summed E-state index contributed by atoms with van der Waals surface area (Å²) in [6.45, 7) is 7.16. The summed E-state index contributed by atoms with van der Waals surface area (Å²) < 4.78 is 10.8. The Morgan fingerprint density at radius 2 is 1.71 bits per heavy atom. The van der Waals surface area contributed by atoms with Crippen LogP contribution in [0.15, 0.2) is 42.5 Å². The molecule has 1 saturated heterocycles. The largest absolute Gasteiger partial charge is 0.497 e. The van der Waals surface area contributed by atoms with Gasteiger partial charge in [0, 0.05) is 51.4 Å². The van der Waals surface area contributed by atoms with Gasteiger partial charge in [0.05, 0.1) is 14.2 Å². The molecule has 1 atom stereocenters. The molecule has 0 radical (unpaired) electrons. The van der Waals surface area contributed by atoms with Gasteiger partial charge in [-0.25, -0.2) is 0 Å². The smallest absolute Gasteiger partial charge is 0.122 e. The maximum atomic E-state index is 9.60. The van der Waals surface area contributed by atoms with Crippen molar-refractivity contribution in [3.8, 4) is 11.5 Å². The van der Waals surface area contributed by atoms with Gasteiger partial charge in [0.2, 0.25) is 0 Å². The van der Waals surface area contributed by atoms with Gasteiger partial charge in [-0.15, -0.1) is 0 Å². The highest BCUT2D eigenvalue weighted by Gasteiger charge is 2.27. The molecule has 1 N–H and O–H groups in total. The molecule has 1 aliphatic rings. The van der Waals surface area contributed by atoms with E-state index in [9.17, 15) is 5.11 Å². The van der Waals surface area contributed by atoms with Gasteiger partial charge in [0.25, 0.3) is 0 Å². The van der Waals surface area contributed by atoms with Gasteiger partial charge in [0.15, 0.2) is 0 Å². The lowest BCUT2D eigenvalue weighted by Crippen LogP contribution is -2.52. The summed E-state index contributed by atoms with van der Waals surface area (Å²) in [4.78, 5) is 4.98. The molecule has 2 aromatic carbocycles. The molecule has 5 nitrogen and oxygen atoms in total. The molecule has 0 saturated carbocycles. The average Bonchev–Trinajstić information content (AvgIpc) is 2.71. The Labute approximate surface area is 168 Å². The van der Waals surface area contributed by atoms with Crippen LogP contribution in [0.4, 0.5) is 0 Å². The highest BCUT2D eigenvalue weighted by molar-refractivity contribution is 5.38. The minimum absolute atomic E-state index is 0.209. The van der Waals surface area contributed by atoms with Gasteiger partial charge in [0.1, 0.15) is 11.5 Å². The molecule has 1 heterocycles. The third-order valence-corrected chi connectivity index (χ3v) is 5.60. The van der Waals surface area contributed by atoms with E-state index in [1.165, 1.54) is 16.7 Å². The third-order valence-electron chi connectivity index (χ3n) is 5.60. The predicted molar refractivity (Wildman–Crippen MR) is 112 cm³/mol. The zero-order valence-corrected chi connectivity index (χ0v) is 17.2. The van der Waals surface area contributed by atoms with Crippen molar-refractivity contribution in [2.75, 3.05) is 40.5 Å². The van der Waals surface area contributed by atoms with Crippen molar-refractivity contribution in [3.63, 3.8) is 0 Å². The van der Waals surface area contributed by atoms with Gasteiger partial charge >= 0.3 is 0 Å². The quantitative estimate of drug-likeness (QED) is 0.758. The summed E-state index contributed by atoms with van der Waals surface area (Å²) in [6.07, 6.45) is 0.783. The van der Waals surface area contributed by atoms with E-state index in [0.29, 0.717) is 6.04 Å². The molecular weight excluding hydrogens is 352 g/mol. The van der Waals surface area contributed by atoms with Gasteiger partial charge in [-0.1, -0.05) is 24.3 Å². The van der Waals surface area contributed by atoms with E-state index >= 15 is 0 Å². The van der Waals surface area contributed by atoms with Gasteiger partial charge in [-0.05, 0) is 42.2 Å². The first kappa shape index (κ1) is 20.6. The SMILES string of the molecule is COc1cc(CN2CCN(Cc3ccccc3C)CC2CCO)cc(OC)c1. The van der Waals surface area contributed by atoms with Crippen LogP contribution in [-0.4, -0.2) is 61.4 Å². The fraction of sp³-hybridized carbons (Fsp3) is 0.478. The van der Waals surface area contributed by atoms with Crippen LogP contribution in [0.2, 0.25) is 0 Å². The Morgan fingerprint density at radius 3 is 2.36 bits per heavy atom. The third kappa shape index (κ3) is 5.25. The fourth-order valence-electron chi connectivity index (χ4n) is 3.95. The van der Waals surface area contributed by atoms with Crippen LogP contribution >= 0.6 is 0 Å². The second kappa shape index (κ2) is 9.92. The van der Waals surface area contributed by atoms with E-state index in [2.05, 4.69) is 53.1 Å². The minimum Gasteiger partial charge on any atom is -0.497 e. The van der Waals surface area contributed by atoms with Gasteiger partial charge in [-0.2, -0.15) is 0 Å². The molecule has 0 aromatic heterocycles. The van der Waals surface area contributed by atoms with Crippen LogP contribution in [0.5, 0.6) is 11.5 Å². The summed E-state index contributed by atoms with van der Waals surface area (Å²) in [7, 11) is 3.36. The first-order chi connectivity index (χ1) is 13.6. The number of methoxy groups -OCH3 is 2. The van der Waals surface area contributed by atoms with Crippen LogP contribution in [-0.2, 0) is 13.1 Å². The van der Waals surface area contributed by atoms with Gasteiger partial charge < -0.3 is 14.6 Å². The molecule has 28 heavy (non-hydrogen) atoms. The lowest BCUT2D eigenvalue weighted by Gasteiger charge is -2.41. The summed E-state index contributed by atoms with van der Waals surface area (Å²) in [5.41, 5.74) is 3.90. The van der Waals surface area contributed by atoms with Crippen LogP contribution < -0.4 is 9.47 Å². The predicted octanol–water partition coefficient (Wildman–Crippen LogP) is 3.08. The van der Waals surface area contributed by atoms with E-state index in [1.807, 2.05) is 6.07 Å². The highest BCUT2D eigenvalue weighted by Crippen LogP contribution is 2.25. The lowest BCUT2D eigenvalue weighted by atomic mass is 10.0. The summed E-state index contributed by atoms with van der Waals surface area (Å²) in [5.74, 6) is 1.62. The number of rotatable bonds is 8. The van der Waals surface area contributed by atoms with Crippen LogP contribution in [0.25, 0.3) is 0 Å². The van der Waals surface area contributed by atoms with Crippen molar-refractivity contribution in [1.29, 1.82) is 0 Å². The molecule has 152 valence electrons. The Kier molecular flexibility index (Phi) is 7.31. The van der Waals surface area contributed by atoms with Crippen molar-refractivity contribution in [2.24, 2.45) is 0 Å². The Morgan fingerprint density at radius 1 is 1.00 bits per heavy atom. The van der Waals surface area contributed by atoms with Crippen molar-refractivity contribution in [3.05, 3.63) is 59.2 Å². The highest BCUT2D eigenvalue weighted by atomic mass is 16.5. The molecule has 0 bridgehead atoms. The standard InChI is InChI=1S/C23H32N2O3/c1-18-6-4-5-7-20(18)16-24-9-10-25(21(17-24)8-11-26)15-19-12-22(27-2)14-23(13-19)28-3/h4-7,12-14,21,26H,8-11,15-17H2,1-3H3. The number of hydrogen-bond donors (Lipinski definition) is 1. The molecular formula is C23H32N2O3. The second-order valence-electron chi connectivity index (χ2n) is 7.52. The number of aliphatic hydroxyl groups is 1. The van der Waals surface area contributed by atoms with Crippen molar-refractivity contribution < 1.29 is 14.6 Å². The number of nitrogens with zero attached hydrogens (tertiary/aromatic N) is 2. The Balaban J connectivity index is 1.68. The topological polar surface area (TPSA) is 45.2 Å². The van der Waals surface area contributed by atoms with E-state index in [4.69, 9.17) is 9.47 Å². The number of aryl methyl sites for hydroxylation is 1. The zero-order valence-electron chi connectivity index (χ0n) is 17.2. The monoisotopic (exact) mass is 384 g/mol. The second-order valence-corrected chi connectivity index (χ2v) is 7.52. The lowest BCUT2D eigenvalue weighted by molar-refractivity contribution is 0.0498. The molecule has 0 spiro atoms. The molecule has 3 rings (SSSR count). The van der Waals surface area contributed by atoms with Crippen molar-refractivity contribution >= 4 is 0 Å². The molecule has 2 aromatic rings. The molecule has 1 unspecified atom stereocenters. The van der Waals surface area contributed by atoms with E-state index < -0.39 is 0 Å². The molecule has 1 aliphatic heterocycles. The van der Waals surface area contributed by atoms with E-state index in [1.54, 1.807) is 14.2 Å². The van der Waals surface area contributed by atoms with Crippen LogP contribution in [0.1, 0.15) is 23.1 Å². The van der Waals surface area contributed by atoms with E-state index in [-0.39, 0.29) is 6.61 Å². The van der Waals surface area contributed by atoms with Crippen molar-refractivity contribution in [1.82, 2.24) is 9.80 Å². The fourth-order valence-corrected chi connectivity index (χ4v) is 3.95. The number of aliphatic hydroxyl groups excluding tert-OH is 1. The average molecular weight is 385 g/mol. The van der Waals surface area contributed by atoms with Gasteiger partial charge in [-0.3, -0.25) is 9.80 Å². The zero-order chi connectivity index (χ0) is 19.9. The summed E-state index contributed by atoms with van der Waals surface area (Å²) in [6, 6.07) is 15.0. The first-order valence-electron chi connectivity index (χ1n) is 9.96. The molecule has 0 aliphatic carbocycles. The number of hydrogen-bond acceptors (Lipinski definition) is 5. The number of ether oxygens (including phenoxy) is 2. The van der Waals surface area contributed by atoms with E-state index in [0.717, 1.165) is 50.6 Å². The van der Waals surface area contributed by atoms with Crippen LogP contribution in [0, 0.1) is 6.92 Å². The summed E-state index contributed by atoms with van der Waals surface area (Å²) >= 11 is 0. The number of piperazine rings is 1. The summed E-state index contributed by atoms with van der Waals surface area (Å²) in [5, 5.41) is 9.60. The normalized spacial score (nSPS) is 18.2. The number of benzene rings is 2. The molecule has 5 heteroatoms. The minimum atomic E-state index is 0.209. The first-order valence-corrected chi connectivity index (χ1v) is 9.96. The molecule has 0 amide bonds.